The molecule has 0 saturated carbocycles. The largest absolute Gasteiger partial charge is 1.00 e. The van der Waals surface area contributed by atoms with E-state index >= 15 is 0 Å². The summed E-state index contributed by atoms with van der Waals surface area (Å²) in [6, 6.07) is 6.07. The van der Waals surface area contributed by atoms with Gasteiger partial charge < -0.3 is 9.90 Å². The molecule has 0 aromatic heterocycles. The summed E-state index contributed by atoms with van der Waals surface area (Å²) >= 11 is 0. The molecule has 4 heteroatoms. The first-order valence-corrected chi connectivity index (χ1v) is 3.67. The van der Waals surface area contributed by atoms with Crippen LogP contribution in [-0.4, -0.2) is 12.3 Å². The quantitative estimate of drug-likeness (QED) is 0.301. The molecule has 0 amide bonds. The first-order chi connectivity index (χ1) is 6.24. The van der Waals surface area contributed by atoms with Crippen molar-refractivity contribution >= 4 is 18.3 Å². The Morgan fingerprint density at radius 2 is 1.79 bits per heavy atom. The van der Waals surface area contributed by atoms with E-state index in [-0.39, 0.29) is 35.1 Å². The number of carboxylic acid groups (broad SMARTS) is 1. The zero-order chi connectivity index (χ0) is 9.68. The summed E-state index contributed by atoms with van der Waals surface area (Å²) in [6.07, 6.45) is 3.59. The number of benzene rings is 1. The maximum absolute atomic E-state index is 10.3. The fraction of sp³-hybridized carbons (Fsp3) is 0. The Labute approximate surface area is 104 Å². The van der Waals surface area contributed by atoms with E-state index < -0.39 is 5.97 Å². The maximum atomic E-state index is 10.3. The molecule has 0 aliphatic carbocycles. The average Bonchev–Trinajstić information content (AvgIpc) is 2.15. The van der Waals surface area contributed by atoms with Crippen LogP contribution in [0.5, 0.6) is 0 Å². The van der Waals surface area contributed by atoms with E-state index in [1.165, 1.54) is 18.2 Å². The molecule has 0 radical (unpaired) electrons. The number of aldehydes is 1. The SMILES string of the molecule is O=C/C=C/c1ccc(C(=O)[O-])cc1.[Na+]. The van der Waals surface area contributed by atoms with Crippen LogP contribution in [0.15, 0.2) is 30.3 Å². The molecule has 1 rings (SSSR count). The van der Waals surface area contributed by atoms with Crippen LogP contribution in [-0.2, 0) is 4.79 Å². The van der Waals surface area contributed by atoms with Crippen molar-refractivity contribution < 1.29 is 44.3 Å². The van der Waals surface area contributed by atoms with E-state index in [1.807, 2.05) is 0 Å². The summed E-state index contributed by atoms with van der Waals surface area (Å²) < 4.78 is 0. The second kappa shape index (κ2) is 6.54. The van der Waals surface area contributed by atoms with Gasteiger partial charge in [0.05, 0.1) is 5.97 Å². The predicted octanol–water partition coefficient (Wildman–Crippen LogP) is -2.73. The Morgan fingerprint density at radius 3 is 2.21 bits per heavy atom. The topological polar surface area (TPSA) is 57.2 Å². The summed E-state index contributed by atoms with van der Waals surface area (Å²) in [5.74, 6) is -1.20. The van der Waals surface area contributed by atoms with Gasteiger partial charge >= 0.3 is 29.6 Å². The molecule has 0 unspecified atom stereocenters. The fourth-order valence-corrected chi connectivity index (χ4v) is 0.881. The summed E-state index contributed by atoms with van der Waals surface area (Å²) in [5, 5.41) is 10.3. The fourth-order valence-electron chi connectivity index (χ4n) is 0.881. The molecule has 0 N–H and O–H groups in total. The molecule has 14 heavy (non-hydrogen) atoms. The van der Waals surface area contributed by atoms with Crippen molar-refractivity contribution in [1.82, 2.24) is 0 Å². The Kier molecular flexibility index (Phi) is 6.12. The molecule has 0 fully saturated rings. The van der Waals surface area contributed by atoms with E-state index in [9.17, 15) is 14.7 Å². The van der Waals surface area contributed by atoms with Gasteiger partial charge in [0.1, 0.15) is 6.29 Å². The first kappa shape index (κ1) is 13.1. The number of carbonyl (C=O) groups is 2. The maximum Gasteiger partial charge on any atom is 1.00 e. The van der Waals surface area contributed by atoms with Crippen LogP contribution in [0.4, 0.5) is 0 Å². The second-order valence-electron chi connectivity index (χ2n) is 2.40. The van der Waals surface area contributed by atoms with Crippen molar-refractivity contribution in [3.05, 3.63) is 41.5 Å². The van der Waals surface area contributed by atoms with Crippen molar-refractivity contribution in [2.24, 2.45) is 0 Å². The van der Waals surface area contributed by atoms with Gasteiger partial charge in [-0.2, -0.15) is 0 Å². The van der Waals surface area contributed by atoms with Crippen LogP contribution in [0.2, 0.25) is 0 Å². The summed E-state index contributed by atoms with van der Waals surface area (Å²) in [4.78, 5) is 20.3. The number of aromatic carboxylic acids is 1. The average molecular weight is 198 g/mol. The normalized spacial score (nSPS) is 9.43. The van der Waals surface area contributed by atoms with Crippen molar-refractivity contribution in [2.75, 3.05) is 0 Å². The third kappa shape index (κ3) is 3.87. The zero-order valence-corrected chi connectivity index (χ0v) is 9.77. The molecule has 0 aliphatic heterocycles. The standard InChI is InChI=1S/C10H8O3.Na/c11-7-1-2-8-3-5-9(6-4-8)10(12)13;/h1-7H,(H,12,13);/q;+1/p-1/b2-1+;. The number of carbonyl (C=O) groups excluding carboxylic acids is 2. The molecule has 0 aliphatic rings. The molecule has 0 spiro atoms. The Bertz CT molecular complexity index is 341. The number of carboxylic acids is 1. The molecule has 3 nitrogen and oxygen atoms in total. The van der Waals surface area contributed by atoms with Gasteiger partial charge in [-0.1, -0.05) is 30.3 Å². The third-order valence-corrected chi connectivity index (χ3v) is 1.51. The van der Waals surface area contributed by atoms with Gasteiger partial charge in [-0.05, 0) is 17.2 Å². The van der Waals surface area contributed by atoms with E-state index in [1.54, 1.807) is 18.2 Å². The smallest absolute Gasteiger partial charge is 0.545 e. The number of rotatable bonds is 3. The zero-order valence-electron chi connectivity index (χ0n) is 7.77. The molecular weight excluding hydrogens is 191 g/mol. The van der Waals surface area contributed by atoms with Crippen LogP contribution in [0.3, 0.4) is 0 Å². The van der Waals surface area contributed by atoms with Crippen molar-refractivity contribution in [2.45, 2.75) is 0 Å². The monoisotopic (exact) mass is 198 g/mol. The Balaban J connectivity index is 0.00000169. The minimum absolute atomic E-state index is 0. The number of hydrogen-bond donors (Lipinski definition) is 0. The van der Waals surface area contributed by atoms with Crippen LogP contribution < -0.4 is 34.7 Å². The Morgan fingerprint density at radius 1 is 1.21 bits per heavy atom. The molecule has 0 heterocycles. The minimum Gasteiger partial charge on any atom is -0.545 e. The molecular formula is C10H7NaO3. The predicted molar refractivity (Wildman–Crippen MR) is 45.9 cm³/mol. The van der Waals surface area contributed by atoms with Gasteiger partial charge in [-0.15, -0.1) is 0 Å². The summed E-state index contributed by atoms with van der Waals surface area (Å²) in [6.45, 7) is 0. The van der Waals surface area contributed by atoms with Gasteiger partial charge in [0.15, 0.2) is 0 Å². The van der Waals surface area contributed by atoms with Gasteiger partial charge in [-0.3, -0.25) is 4.79 Å². The first-order valence-electron chi connectivity index (χ1n) is 3.67. The molecule has 1 aromatic carbocycles. The van der Waals surface area contributed by atoms with Gasteiger partial charge in [0.2, 0.25) is 0 Å². The van der Waals surface area contributed by atoms with Crippen LogP contribution in [0.25, 0.3) is 6.08 Å². The molecule has 0 bridgehead atoms. The minimum atomic E-state index is -1.20. The van der Waals surface area contributed by atoms with E-state index in [0.29, 0.717) is 6.29 Å². The van der Waals surface area contributed by atoms with Gasteiger partial charge in [0.25, 0.3) is 0 Å². The number of allylic oxidation sites excluding steroid dienone is 1. The molecule has 0 atom stereocenters. The molecule has 0 saturated heterocycles. The Hall–Kier alpha value is -0.900. The summed E-state index contributed by atoms with van der Waals surface area (Å²) in [5.41, 5.74) is 0.903. The van der Waals surface area contributed by atoms with Crippen molar-refractivity contribution in [3.63, 3.8) is 0 Å². The van der Waals surface area contributed by atoms with Gasteiger partial charge in [-0.25, -0.2) is 0 Å². The van der Waals surface area contributed by atoms with E-state index in [4.69, 9.17) is 0 Å². The molecule has 1 aromatic rings. The van der Waals surface area contributed by atoms with Crippen LogP contribution in [0.1, 0.15) is 15.9 Å². The number of hydrogen-bond acceptors (Lipinski definition) is 3. The van der Waals surface area contributed by atoms with E-state index in [0.717, 1.165) is 5.56 Å². The van der Waals surface area contributed by atoms with E-state index in [2.05, 4.69) is 0 Å². The van der Waals surface area contributed by atoms with Crippen molar-refractivity contribution in [3.8, 4) is 0 Å². The second-order valence-corrected chi connectivity index (χ2v) is 2.40. The van der Waals surface area contributed by atoms with Crippen LogP contribution in [0, 0.1) is 0 Å². The van der Waals surface area contributed by atoms with Crippen LogP contribution >= 0.6 is 0 Å². The summed E-state index contributed by atoms with van der Waals surface area (Å²) in [7, 11) is 0. The molecule has 66 valence electrons. The van der Waals surface area contributed by atoms with Crippen molar-refractivity contribution in [1.29, 1.82) is 0 Å². The third-order valence-electron chi connectivity index (χ3n) is 1.51. The van der Waals surface area contributed by atoms with Gasteiger partial charge in [0, 0.05) is 0 Å².